The Hall–Kier alpha value is -1.70. The summed E-state index contributed by atoms with van der Waals surface area (Å²) >= 11 is 0. The predicted molar refractivity (Wildman–Crippen MR) is 128 cm³/mol. The first-order valence-corrected chi connectivity index (χ1v) is 13.3. The molecule has 4 rings (SSSR count). The number of carbonyl (C=O) groups is 2. The minimum atomic E-state index is -2.62. The van der Waals surface area contributed by atoms with Gasteiger partial charge >= 0.3 is 5.97 Å². The summed E-state index contributed by atoms with van der Waals surface area (Å²) in [6.07, 6.45) is -25.4. The van der Waals surface area contributed by atoms with E-state index in [0.717, 1.165) is 0 Å². The second kappa shape index (κ2) is 13.7. The summed E-state index contributed by atoms with van der Waals surface area (Å²) in [4.78, 5) is 25.1. The number of amides is 1. The van der Waals surface area contributed by atoms with Crippen molar-refractivity contribution in [3.8, 4) is 0 Å². The monoisotopic (exact) mass is 631 g/mol. The van der Waals surface area contributed by atoms with Gasteiger partial charge < -0.3 is 89.9 Å². The Labute approximate surface area is 242 Å². The maximum atomic E-state index is 13.2. The van der Waals surface area contributed by atoms with E-state index in [1.165, 1.54) is 0 Å². The van der Waals surface area contributed by atoms with E-state index in [2.05, 4.69) is 5.32 Å². The quantitative estimate of drug-likeness (QED) is 0.105. The Morgan fingerprint density at radius 2 is 1.60 bits per heavy atom. The Morgan fingerprint density at radius 3 is 2.21 bits per heavy atom. The van der Waals surface area contributed by atoms with Crippen LogP contribution in [0.1, 0.15) is 6.42 Å². The standard InChI is InChI=1S/C23H37NO19/c25-2-7(30)12(32)18-11(24-10(31)5-28)6(29)1-23(42-18)22(37)41-17-9(4-27)39-21(15(35)19(17)43-23)40-16-8(3-26)38-20(36)14(34)13(16)33/h6-9,11-21,25-30,32-36H,1-5H2,(H,24,31)/t6-,7+,8+,9+,11+,12+,13+,14+,15+,16+,17-,18+,19+,20?,21-,23-/m0/s1. The van der Waals surface area contributed by atoms with E-state index in [-0.39, 0.29) is 0 Å². The number of hydrogen-bond acceptors (Lipinski definition) is 19. The van der Waals surface area contributed by atoms with Crippen LogP contribution in [0.2, 0.25) is 0 Å². The number of ether oxygens (including phenoxy) is 6. The molecule has 16 atom stereocenters. The average molecular weight is 632 g/mol. The Bertz CT molecular complexity index is 973. The molecule has 20 nitrogen and oxygen atoms in total. The molecule has 1 unspecified atom stereocenters. The molecule has 0 aromatic carbocycles. The molecule has 4 fully saturated rings. The highest BCUT2D eigenvalue weighted by Crippen LogP contribution is 2.42. The van der Waals surface area contributed by atoms with Crippen molar-refractivity contribution < 1.29 is 94.2 Å². The predicted octanol–water partition coefficient (Wildman–Crippen LogP) is -8.77. The lowest BCUT2D eigenvalue weighted by molar-refractivity contribution is -0.404. The summed E-state index contributed by atoms with van der Waals surface area (Å²) in [5, 5.41) is 113. The van der Waals surface area contributed by atoms with Crippen LogP contribution < -0.4 is 5.32 Å². The summed E-state index contributed by atoms with van der Waals surface area (Å²) in [6.45, 7) is -3.70. The van der Waals surface area contributed by atoms with Crippen molar-refractivity contribution in [1.29, 1.82) is 0 Å². The smallest absolute Gasteiger partial charge is 0.367 e. The second-order valence-electron chi connectivity index (χ2n) is 10.6. The maximum Gasteiger partial charge on any atom is 0.367 e. The molecule has 12 N–H and O–H groups in total. The molecule has 0 bridgehead atoms. The lowest BCUT2D eigenvalue weighted by Crippen LogP contribution is -2.74. The van der Waals surface area contributed by atoms with Crippen molar-refractivity contribution in [2.24, 2.45) is 0 Å². The van der Waals surface area contributed by atoms with Gasteiger partial charge in [-0.25, -0.2) is 4.79 Å². The van der Waals surface area contributed by atoms with Gasteiger partial charge in [0.25, 0.3) is 5.79 Å². The van der Waals surface area contributed by atoms with Crippen LogP contribution in [0, 0.1) is 0 Å². The largest absolute Gasteiger partial charge is 0.453 e. The van der Waals surface area contributed by atoms with Crippen LogP contribution >= 0.6 is 0 Å². The molecule has 4 heterocycles. The molecule has 4 aliphatic heterocycles. The summed E-state index contributed by atoms with van der Waals surface area (Å²) in [7, 11) is 0. The number of esters is 1. The molecule has 0 aromatic rings. The third-order valence-corrected chi connectivity index (χ3v) is 7.77. The highest BCUT2D eigenvalue weighted by Gasteiger charge is 2.64. The fourth-order valence-electron chi connectivity index (χ4n) is 5.49. The highest BCUT2D eigenvalue weighted by molar-refractivity contribution is 5.80. The van der Waals surface area contributed by atoms with E-state index < -0.39 is 142 Å². The van der Waals surface area contributed by atoms with E-state index in [9.17, 15) is 60.7 Å². The van der Waals surface area contributed by atoms with Crippen LogP contribution in [0.15, 0.2) is 0 Å². The Kier molecular flexibility index (Phi) is 10.9. The molecule has 20 heteroatoms. The molecule has 0 aliphatic carbocycles. The first-order valence-electron chi connectivity index (χ1n) is 13.3. The van der Waals surface area contributed by atoms with E-state index in [0.29, 0.717) is 0 Å². The van der Waals surface area contributed by atoms with Crippen molar-refractivity contribution in [2.75, 3.05) is 26.4 Å². The summed E-state index contributed by atoms with van der Waals surface area (Å²) < 4.78 is 33.0. The van der Waals surface area contributed by atoms with Crippen LogP contribution in [-0.2, 0) is 38.0 Å². The molecular weight excluding hydrogens is 594 g/mol. The Morgan fingerprint density at radius 1 is 0.930 bits per heavy atom. The summed E-state index contributed by atoms with van der Waals surface area (Å²) in [5.74, 6) is -4.96. The van der Waals surface area contributed by atoms with Gasteiger partial charge in [-0.1, -0.05) is 0 Å². The second-order valence-corrected chi connectivity index (χ2v) is 10.6. The molecule has 43 heavy (non-hydrogen) atoms. The zero-order valence-electron chi connectivity index (χ0n) is 22.4. The molecule has 248 valence electrons. The molecule has 4 saturated heterocycles. The van der Waals surface area contributed by atoms with Gasteiger partial charge in [-0.2, -0.15) is 0 Å². The van der Waals surface area contributed by atoms with Gasteiger partial charge in [-0.15, -0.1) is 0 Å². The van der Waals surface area contributed by atoms with Gasteiger partial charge in [0.15, 0.2) is 18.7 Å². The molecule has 1 amide bonds. The number of carbonyl (C=O) groups excluding carboxylic acids is 2. The lowest BCUT2D eigenvalue weighted by Gasteiger charge is -2.54. The molecule has 0 saturated carbocycles. The molecule has 0 aromatic heterocycles. The van der Waals surface area contributed by atoms with E-state index in [1.54, 1.807) is 0 Å². The fraction of sp³-hybridized carbons (Fsp3) is 0.913. The number of aliphatic hydroxyl groups excluding tert-OH is 11. The maximum absolute atomic E-state index is 13.2. The van der Waals surface area contributed by atoms with E-state index >= 15 is 0 Å². The minimum Gasteiger partial charge on any atom is -0.453 e. The lowest BCUT2D eigenvalue weighted by atomic mass is 9.87. The minimum absolute atomic E-state index is 0.793. The van der Waals surface area contributed by atoms with Gasteiger partial charge in [0, 0.05) is 6.42 Å². The van der Waals surface area contributed by atoms with Gasteiger partial charge in [0.05, 0.1) is 32.0 Å². The van der Waals surface area contributed by atoms with Gasteiger partial charge in [0.1, 0.15) is 67.6 Å². The average Bonchev–Trinajstić information content (AvgIpc) is 2.99. The molecule has 4 aliphatic rings. The number of aliphatic hydroxyl groups is 11. The van der Waals surface area contributed by atoms with Crippen molar-refractivity contribution in [3.63, 3.8) is 0 Å². The van der Waals surface area contributed by atoms with Crippen molar-refractivity contribution in [2.45, 2.75) is 104 Å². The molecule has 0 radical (unpaired) electrons. The van der Waals surface area contributed by atoms with Gasteiger partial charge in [-0.05, 0) is 0 Å². The van der Waals surface area contributed by atoms with Gasteiger partial charge in [0.2, 0.25) is 5.91 Å². The number of hydrogen-bond donors (Lipinski definition) is 12. The first-order chi connectivity index (χ1) is 20.3. The molecular formula is C23H37NO19. The van der Waals surface area contributed by atoms with E-state index in [4.69, 9.17) is 33.5 Å². The summed E-state index contributed by atoms with van der Waals surface area (Å²) in [6, 6.07) is -1.55. The Balaban J connectivity index is 1.61. The zero-order valence-corrected chi connectivity index (χ0v) is 22.4. The van der Waals surface area contributed by atoms with Crippen LogP contribution in [0.4, 0.5) is 0 Å². The highest BCUT2D eigenvalue weighted by atomic mass is 16.8. The van der Waals surface area contributed by atoms with Gasteiger partial charge in [-0.3, -0.25) is 4.79 Å². The SMILES string of the molecule is O=C(CO)N[C@H]1[C@H]([C@H](O)[C@H](O)CO)O[C@@]2(C[C@@H]1O)O[C@@H]1[C@@H](O)[C@H](O[C@H]3[C@H](O)[C@@H](O)C(O)O[C@@H]3CO)O[C@H](CO)[C@@H]1OC2=O. The fourth-order valence-corrected chi connectivity index (χ4v) is 5.49. The van der Waals surface area contributed by atoms with Crippen LogP contribution in [0.25, 0.3) is 0 Å². The third kappa shape index (κ3) is 6.51. The zero-order chi connectivity index (χ0) is 31.8. The van der Waals surface area contributed by atoms with Crippen molar-refractivity contribution in [3.05, 3.63) is 0 Å². The van der Waals surface area contributed by atoms with Crippen LogP contribution in [0.5, 0.6) is 0 Å². The van der Waals surface area contributed by atoms with Crippen molar-refractivity contribution >= 4 is 11.9 Å². The number of fused-ring (bicyclic) bond motifs is 1. The first kappa shape index (κ1) is 34.2. The number of rotatable bonds is 9. The number of nitrogens with one attached hydrogen (secondary N) is 1. The van der Waals surface area contributed by atoms with Crippen LogP contribution in [0.3, 0.4) is 0 Å². The normalized spacial score (nSPS) is 46.5. The van der Waals surface area contributed by atoms with Crippen LogP contribution in [-0.4, -0.2) is 192 Å². The summed E-state index contributed by atoms with van der Waals surface area (Å²) in [5.41, 5.74) is 0. The van der Waals surface area contributed by atoms with E-state index in [1.807, 2.05) is 0 Å². The third-order valence-electron chi connectivity index (χ3n) is 7.77. The molecule has 1 spiro atoms. The topological polar surface area (TPSA) is 324 Å². The van der Waals surface area contributed by atoms with Crippen molar-refractivity contribution in [1.82, 2.24) is 5.32 Å².